The van der Waals surface area contributed by atoms with Crippen molar-refractivity contribution in [2.24, 2.45) is 0 Å². The van der Waals surface area contributed by atoms with E-state index in [2.05, 4.69) is 9.97 Å². The summed E-state index contributed by atoms with van der Waals surface area (Å²) < 4.78 is 85.0. The number of hydrogen-bond donors (Lipinski definition) is 1. The van der Waals surface area contributed by atoms with Crippen LogP contribution in [0.4, 0.5) is 17.6 Å². The number of phenolic OH excluding ortho intramolecular Hbond substituents is 1. The number of hydrogen-bond acceptors (Lipinski definition) is 7. The van der Waals surface area contributed by atoms with Crippen LogP contribution in [0.1, 0.15) is 31.5 Å². The van der Waals surface area contributed by atoms with Gasteiger partial charge in [0.2, 0.25) is 5.09 Å². The summed E-state index contributed by atoms with van der Waals surface area (Å²) >= 11 is 0. The Labute approximate surface area is 221 Å². The molecule has 0 amide bonds. The zero-order valence-corrected chi connectivity index (χ0v) is 21.6. The van der Waals surface area contributed by atoms with Gasteiger partial charge >= 0.3 is 6.18 Å². The summed E-state index contributed by atoms with van der Waals surface area (Å²) in [5.41, 5.74) is -0.246. The van der Waals surface area contributed by atoms with Crippen LogP contribution in [0.25, 0.3) is 22.2 Å². The maximum atomic E-state index is 13.5. The maximum absolute atomic E-state index is 13.5. The van der Waals surface area contributed by atoms with Crippen LogP contribution in [0.15, 0.2) is 64.4 Å². The van der Waals surface area contributed by atoms with E-state index in [9.17, 15) is 35.9 Å². The lowest BCUT2D eigenvalue weighted by Gasteiger charge is -2.23. The molecule has 0 atom stereocenters. The van der Waals surface area contributed by atoms with Gasteiger partial charge < -0.3 is 9.52 Å². The fraction of sp³-hybridized carbons (Fsp3) is 0.269. The minimum atomic E-state index is -4.62. The van der Waals surface area contributed by atoms with Crippen molar-refractivity contribution >= 4 is 26.8 Å². The van der Waals surface area contributed by atoms with Crippen molar-refractivity contribution < 1.29 is 40.3 Å². The van der Waals surface area contributed by atoms with Crippen LogP contribution in [0.2, 0.25) is 0 Å². The number of aryl methyl sites for hydroxylation is 1. The van der Waals surface area contributed by atoms with E-state index in [1.54, 1.807) is 13.8 Å². The minimum Gasteiger partial charge on any atom is -0.507 e. The molecule has 0 radical (unpaired) electrons. The van der Waals surface area contributed by atoms with Gasteiger partial charge in [-0.05, 0) is 62.7 Å². The Morgan fingerprint density at radius 2 is 1.82 bits per heavy atom. The Morgan fingerprint density at radius 1 is 1.08 bits per heavy atom. The van der Waals surface area contributed by atoms with Gasteiger partial charge in [0.25, 0.3) is 10.0 Å². The number of aromatic hydroxyl groups is 1. The molecule has 2 heterocycles. The molecule has 0 bridgehead atoms. The number of benzene rings is 2. The molecule has 1 N–H and O–H groups in total. The molecule has 0 unspecified atom stereocenters. The predicted molar refractivity (Wildman–Crippen MR) is 133 cm³/mol. The number of phenols is 1. The third-order valence-corrected chi connectivity index (χ3v) is 7.79. The van der Waals surface area contributed by atoms with Crippen LogP contribution >= 0.6 is 0 Å². The molecule has 0 fully saturated rings. The van der Waals surface area contributed by atoms with Gasteiger partial charge in [0.15, 0.2) is 0 Å². The predicted octanol–water partition coefficient (Wildman–Crippen LogP) is 5.35. The summed E-state index contributed by atoms with van der Waals surface area (Å²) in [7, 11) is -4.22. The Bertz CT molecular complexity index is 1630. The lowest BCUT2D eigenvalue weighted by Crippen LogP contribution is -2.40. The highest BCUT2D eigenvalue weighted by Crippen LogP contribution is 2.36. The van der Waals surface area contributed by atoms with Crippen molar-refractivity contribution in [2.45, 2.75) is 44.0 Å². The van der Waals surface area contributed by atoms with E-state index in [1.807, 2.05) is 0 Å². The molecule has 0 saturated heterocycles. The van der Waals surface area contributed by atoms with Crippen molar-refractivity contribution in [3.63, 3.8) is 0 Å². The molecule has 2 aromatic carbocycles. The fourth-order valence-corrected chi connectivity index (χ4v) is 5.48. The number of sulfonamides is 1. The van der Waals surface area contributed by atoms with Gasteiger partial charge in [0.05, 0.1) is 17.8 Å². The molecule has 206 valence electrons. The van der Waals surface area contributed by atoms with Crippen LogP contribution in [0, 0.1) is 5.82 Å². The highest BCUT2D eigenvalue weighted by Gasteiger charge is 2.33. The van der Waals surface area contributed by atoms with Gasteiger partial charge in [-0.2, -0.15) is 17.5 Å². The van der Waals surface area contributed by atoms with E-state index < -0.39 is 56.8 Å². The number of carbonyl (C=O) groups excluding carboxylic acids is 1. The summed E-state index contributed by atoms with van der Waals surface area (Å²) in [6, 6.07) is 8.14. The van der Waals surface area contributed by atoms with Gasteiger partial charge in [-0.15, -0.1) is 0 Å². The summed E-state index contributed by atoms with van der Waals surface area (Å²) in [5, 5.41) is 9.95. The maximum Gasteiger partial charge on any atom is 0.416 e. The number of Topliss-reactive ketones (excluding diaryl/α,β-unsaturated/α-hetero) is 1. The molecule has 4 rings (SSSR count). The monoisotopic (exact) mass is 565 g/mol. The molecular weight excluding hydrogens is 542 g/mol. The number of ketones is 1. The van der Waals surface area contributed by atoms with Gasteiger partial charge in [0, 0.05) is 35.2 Å². The van der Waals surface area contributed by atoms with E-state index in [0.717, 1.165) is 34.9 Å². The number of nitrogens with zero attached hydrogens (tertiary/aromatic N) is 3. The molecular formula is C26H23F4N3O5S. The van der Waals surface area contributed by atoms with E-state index in [4.69, 9.17) is 4.42 Å². The molecule has 0 saturated carbocycles. The Kier molecular flexibility index (Phi) is 7.75. The van der Waals surface area contributed by atoms with Crippen molar-refractivity contribution in [3.05, 3.63) is 71.9 Å². The molecule has 4 aromatic rings. The second-order valence-corrected chi connectivity index (χ2v) is 10.9. The molecule has 0 aliphatic rings. The molecule has 0 aliphatic heterocycles. The van der Waals surface area contributed by atoms with Crippen LogP contribution in [0.3, 0.4) is 0 Å². The number of alkyl halides is 3. The third-order valence-electron chi connectivity index (χ3n) is 5.91. The van der Waals surface area contributed by atoms with Crippen molar-refractivity contribution in [3.8, 4) is 17.0 Å². The Morgan fingerprint density at radius 3 is 2.49 bits per heavy atom. The van der Waals surface area contributed by atoms with Crippen LogP contribution < -0.4 is 0 Å². The smallest absolute Gasteiger partial charge is 0.416 e. The number of furan rings is 1. The second-order valence-electron chi connectivity index (χ2n) is 9.05. The fourth-order valence-electron chi connectivity index (χ4n) is 3.90. The van der Waals surface area contributed by atoms with E-state index in [1.165, 1.54) is 18.2 Å². The number of fused-ring (bicyclic) bond motifs is 1. The quantitative estimate of drug-likeness (QED) is 0.272. The van der Waals surface area contributed by atoms with E-state index >= 15 is 0 Å². The lowest BCUT2D eigenvalue weighted by atomic mass is 10.1. The van der Waals surface area contributed by atoms with Gasteiger partial charge in [-0.1, -0.05) is 0 Å². The molecule has 0 aliphatic carbocycles. The molecule has 39 heavy (non-hydrogen) atoms. The van der Waals surface area contributed by atoms with Crippen molar-refractivity contribution in [1.29, 1.82) is 0 Å². The van der Waals surface area contributed by atoms with Gasteiger partial charge in [-0.25, -0.2) is 22.8 Å². The number of aromatic nitrogens is 2. The topological polar surface area (TPSA) is 114 Å². The highest BCUT2D eigenvalue weighted by atomic mass is 32.2. The average molecular weight is 566 g/mol. The van der Waals surface area contributed by atoms with E-state index in [0.29, 0.717) is 11.8 Å². The minimum absolute atomic E-state index is 0.0563. The SMILES string of the molecule is CC(C)N(CC(=O)CCc1cc(-c2ccc(C(F)(F)F)cc2O)ncn1)S(=O)(=O)c1cc2cc(F)ccc2o1. The Hall–Kier alpha value is -3.84. The number of carbonyl (C=O) groups is 1. The van der Waals surface area contributed by atoms with E-state index in [-0.39, 0.29) is 35.1 Å². The average Bonchev–Trinajstić information content (AvgIpc) is 3.29. The Balaban J connectivity index is 1.47. The normalized spacial score (nSPS) is 12.5. The first kappa shape index (κ1) is 28.2. The summed E-state index contributed by atoms with van der Waals surface area (Å²) in [6.45, 7) is 2.74. The van der Waals surface area contributed by atoms with Gasteiger partial charge in [0.1, 0.15) is 29.3 Å². The first-order chi connectivity index (χ1) is 18.3. The zero-order valence-electron chi connectivity index (χ0n) is 20.7. The molecule has 13 heteroatoms. The number of halogens is 4. The standard InChI is InChI=1S/C26H23F4N3O5S/c1-15(2)33(39(36,37)25-10-16-9-18(27)4-8-24(16)38-25)13-20(34)6-5-19-12-22(32-14-31-19)21-7-3-17(11-23(21)35)26(28,29)30/h3-4,7-12,14-15,35H,5-6,13H2,1-2H3. The van der Waals surface area contributed by atoms with Crippen molar-refractivity contribution in [1.82, 2.24) is 14.3 Å². The van der Waals surface area contributed by atoms with Crippen LogP contribution in [-0.2, 0) is 27.4 Å². The first-order valence-electron chi connectivity index (χ1n) is 11.7. The zero-order chi connectivity index (χ0) is 28.5. The number of rotatable bonds is 9. The lowest BCUT2D eigenvalue weighted by molar-refractivity contribution is -0.137. The third kappa shape index (κ3) is 6.25. The summed E-state index contributed by atoms with van der Waals surface area (Å²) in [4.78, 5) is 20.8. The largest absolute Gasteiger partial charge is 0.507 e. The molecule has 8 nitrogen and oxygen atoms in total. The molecule has 0 spiro atoms. The van der Waals surface area contributed by atoms with Crippen LogP contribution in [-0.4, -0.2) is 46.2 Å². The summed E-state index contributed by atoms with van der Waals surface area (Å²) in [6.07, 6.45) is -3.47. The van der Waals surface area contributed by atoms with Crippen LogP contribution in [0.5, 0.6) is 5.75 Å². The highest BCUT2D eigenvalue weighted by molar-refractivity contribution is 7.89. The van der Waals surface area contributed by atoms with Gasteiger partial charge in [-0.3, -0.25) is 4.79 Å². The van der Waals surface area contributed by atoms with Crippen molar-refractivity contribution in [2.75, 3.05) is 6.54 Å². The first-order valence-corrected chi connectivity index (χ1v) is 13.1. The summed E-state index contributed by atoms with van der Waals surface area (Å²) in [5.74, 6) is -1.59. The second kappa shape index (κ2) is 10.7. The molecule has 2 aromatic heterocycles.